The van der Waals surface area contributed by atoms with Crippen LogP contribution in [0.2, 0.25) is 0 Å². The fourth-order valence-electron chi connectivity index (χ4n) is 2.72. The summed E-state index contributed by atoms with van der Waals surface area (Å²) >= 11 is 0. The highest BCUT2D eigenvalue weighted by Gasteiger charge is 2.27. The molecular formula is C22H16NO+. The molecule has 24 heavy (non-hydrogen) atoms. The summed E-state index contributed by atoms with van der Waals surface area (Å²) in [6.07, 6.45) is 3.45. The smallest absolute Gasteiger partial charge is 0.159 e. The van der Waals surface area contributed by atoms with Gasteiger partial charge >= 0.3 is 0 Å². The van der Waals surface area contributed by atoms with Gasteiger partial charge in [-0.2, -0.15) is 4.99 Å². The predicted octanol–water partition coefficient (Wildman–Crippen LogP) is 4.98. The second-order valence-corrected chi connectivity index (χ2v) is 5.55. The quantitative estimate of drug-likeness (QED) is 0.612. The summed E-state index contributed by atoms with van der Waals surface area (Å²) in [7, 11) is 0. The summed E-state index contributed by atoms with van der Waals surface area (Å²) in [5.74, 6) is 0.866. The molecule has 1 aliphatic rings. The zero-order valence-electron chi connectivity index (χ0n) is 13.1. The van der Waals surface area contributed by atoms with Crippen LogP contribution in [-0.4, -0.2) is 12.3 Å². The van der Waals surface area contributed by atoms with Crippen LogP contribution in [0.25, 0.3) is 0 Å². The van der Waals surface area contributed by atoms with Gasteiger partial charge in [-0.05, 0) is 42.5 Å². The lowest BCUT2D eigenvalue weighted by atomic mass is 9.97. The molecule has 0 aliphatic carbocycles. The van der Waals surface area contributed by atoms with Crippen LogP contribution >= 0.6 is 0 Å². The largest absolute Gasteiger partial charge is 0.485 e. The van der Waals surface area contributed by atoms with Crippen molar-refractivity contribution in [1.29, 1.82) is 0 Å². The van der Waals surface area contributed by atoms with E-state index in [1.54, 1.807) is 0 Å². The van der Waals surface area contributed by atoms with Gasteiger partial charge in [-0.15, -0.1) is 0 Å². The van der Waals surface area contributed by atoms with Gasteiger partial charge < -0.3 is 4.74 Å². The van der Waals surface area contributed by atoms with Gasteiger partial charge in [-0.25, -0.2) is 0 Å². The van der Waals surface area contributed by atoms with Crippen molar-refractivity contribution < 1.29 is 4.74 Å². The molecule has 3 aromatic carbocycles. The van der Waals surface area contributed by atoms with Gasteiger partial charge in [-0.3, -0.25) is 0 Å². The topological polar surface area (TPSA) is 21.6 Å². The maximum Gasteiger partial charge on any atom is 0.159 e. The molecule has 1 heterocycles. The molecule has 2 nitrogen and oxygen atoms in total. The molecule has 0 fully saturated rings. The van der Waals surface area contributed by atoms with Crippen molar-refractivity contribution in [2.24, 2.45) is 4.99 Å². The van der Waals surface area contributed by atoms with Crippen molar-refractivity contribution in [3.8, 4) is 5.75 Å². The van der Waals surface area contributed by atoms with Crippen molar-refractivity contribution in [2.75, 3.05) is 6.61 Å². The standard InChI is InChI=1S/C22H16NO/c1-3-9-17(10-4-1)15-18-16-24-21-14-8-7-13-20(21)22(18)23-19-11-5-2-6-12-19/h1-14H,16H2/q+1. The van der Waals surface area contributed by atoms with E-state index >= 15 is 0 Å². The first-order valence-corrected chi connectivity index (χ1v) is 7.94. The Kier molecular flexibility index (Phi) is 3.89. The predicted molar refractivity (Wildman–Crippen MR) is 96.9 cm³/mol. The number of benzene rings is 3. The molecule has 0 N–H and O–H groups in total. The van der Waals surface area contributed by atoms with Crippen molar-refractivity contribution in [1.82, 2.24) is 0 Å². The summed E-state index contributed by atoms with van der Waals surface area (Å²) in [6.45, 7) is 0.470. The van der Waals surface area contributed by atoms with Crippen LogP contribution < -0.4 is 4.74 Å². The Hall–Kier alpha value is -3.22. The highest BCUT2D eigenvalue weighted by Crippen LogP contribution is 2.29. The van der Waals surface area contributed by atoms with E-state index in [0.717, 1.165) is 33.8 Å². The van der Waals surface area contributed by atoms with Crippen molar-refractivity contribution in [2.45, 2.75) is 0 Å². The van der Waals surface area contributed by atoms with E-state index in [-0.39, 0.29) is 0 Å². The molecule has 2 heteroatoms. The maximum absolute atomic E-state index is 5.90. The Bertz CT molecular complexity index is 896. The van der Waals surface area contributed by atoms with E-state index in [0.29, 0.717) is 6.61 Å². The zero-order chi connectivity index (χ0) is 16.2. The number of aliphatic imine (C=N–C) groups is 1. The van der Waals surface area contributed by atoms with E-state index in [9.17, 15) is 0 Å². The summed E-state index contributed by atoms with van der Waals surface area (Å²) in [5.41, 5.74) is 4.84. The molecule has 1 aliphatic heterocycles. The van der Waals surface area contributed by atoms with Gasteiger partial charge in [0.25, 0.3) is 0 Å². The molecule has 0 atom stereocenters. The van der Waals surface area contributed by atoms with Gasteiger partial charge in [0.05, 0.1) is 11.3 Å². The molecule has 0 saturated heterocycles. The Morgan fingerprint density at radius 1 is 0.750 bits per heavy atom. The number of ether oxygens (including phenoxy) is 1. The number of nitrogens with zero attached hydrogens (tertiary/aromatic N) is 1. The summed E-state index contributed by atoms with van der Waals surface area (Å²) in [6, 6.07) is 28.1. The third kappa shape index (κ3) is 2.96. The minimum Gasteiger partial charge on any atom is -0.485 e. The zero-order valence-corrected chi connectivity index (χ0v) is 13.1. The summed E-state index contributed by atoms with van der Waals surface area (Å²) < 4.78 is 5.90. The second kappa shape index (κ2) is 6.49. The van der Waals surface area contributed by atoms with Crippen LogP contribution in [0, 0.1) is 6.08 Å². The lowest BCUT2D eigenvalue weighted by Gasteiger charge is -2.17. The molecule has 0 radical (unpaired) electrons. The number of hydrogen-bond donors (Lipinski definition) is 0. The highest BCUT2D eigenvalue weighted by atomic mass is 16.5. The molecule has 114 valence electrons. The Morgan fingerprint density at radius 2 is 1.42 bits per heavy atom. The van der Waals surface area contributed by atoms with Crippen molar-refractivity contribution in [3.05, 3.63) is 108 Å². The number of fused-ring (bicyclic) bond motifs is 1. The Labute approximate surface area is 141 Å². The number of hydrogen-bond acceptors (Lipinski definition) is 2. The first kappa shape index (κ1) is 14.4. The normalized spacial score (nSPS) is 16.3. The second-order valence-electron chi connectivity index (χ2n) is 5.55. The van der Waals surface area contributed by atoms with Gasteiger partial charge in [0, 0.05) is 18.2 Å². The first-order valence-electron chi connectivity index (χ1n) is 7.94. The SMILES string of the molecule is [C+](=C1COc2ccccc2C1=Nc1ccccc1)c1ccccc1. The Morgan fingerprint density at radius 3 is 2.21 bits per heavy atom. The summed E-state index contributed by atoms with van der Waals surface area (Å²) in [5, 5.41) is 0. The molecule has 4 rings (SSSR count). The molecule has 0 bridgehead atoms. The van der Waals surface area contributed by atoms with Gasteiger partial charge in [0.1, 0.15) is 17.9 Å². The van der Waals surface area contributed by atoms with Crippen LogP contribution in [-0.2, 0) is 0 Å². The van der Waals surface area contributed by atoms with Crippen molar-refractivity contribution in [3.63, 3.8) is 0 Å². The molecule has 0 amide bonds. The Balaban J connectivity index is 1.85. The minimum absolute atomic E-state index is 0.470. The van der Waals surface area contributed by atoms with E-state index in [1.165, 1.54) is 0 Å². The summed E-state index contributed by atoms with van der Waals surface area (Å²) in [4.78, 5) is 4.87. The average molecular weight is 310 g/mol. The van der Waals surface area contributed by atoms with Gasteiger partial charge in [-0.1, -0.05) is 30.3 Å². The van der Waals surface area contributed by atoms with Crippen molar-refractivity contribution >= 4 is 11.4 Å². The minimum atomic E-state index is 0.470. The average Bonchev–Trinajstić information content (AvgIpc) is 2.65. The van der Waals surface area contributed by atoms with Gasteiger partial charge in [0.15, 0.2) is 11.3 Å². The van der Waals surface area contributed by atoms with Crippen LogP contribution in [0.1, 0.15) is 11.1 Å². The van der Waals surface area contributed by atoms with E-state index < -0.39 is 0 Å². The lowest BCUT2D eigenvalue weighted by molar-refractivity contribution is 0.350. The van der Waals surface area contributed by atoms with Crippen LogP contribution in [0.15, 0.2) is 95.5 Å². The fourth-order valence-corrected chi connectivity index (χ4v) is 2.72. The number of para-hydroxylation sites is 2. The molecular weight excluding hydrogens is 294 g/mol. The monoisotopic (exact) mass is 310 g/mol. The van der Waals surface area contributed by atoms with Crippen LogP contribution in [0.3, 0.4) is 0 Å². The maximum atomic E-state index is 5.90. The van der Waals surface area contributed by atoms with E-state index in [4.69, 9.17) is 9.73 Å². The van der Waals surface area contributed by atoms with E-state index in [2.05, 4.69) is 6.08 Å². The molecule has 0 saturated carbocycles. The highest BCUT2D eigenvalue weighted by molar-refractivity contribution is 6.16. The van der Waals surface area contributed by atoms with Crippen LogP contribution in [0.4, 0.5) is 5.69 Å². The van der Waals surface area contributed by atoms with E-state index in [1.807, 2.05) is 84.9 Å². The molecule has 3 aromatic rings. The molecule has 0 aromatic heterocycles. The molecule has 0 spiro atoms. The third-order valence-corrected chi connectivity index (χ3v) is 3.87. The molecule has 0 unspecified atom stereocenters. The number of rotatable bonds is 2. The van der Waals surface area contributed by atoms with Crippen LogP contribution in [0.5, 0.6) is 5.75 Å². The lowest BCUT2D eigenvalue weighted by Crippen LogP contribution is -2.20. The fraction of sp³-hybridized carbons (Fsp3) is 0.0455. The van der Waals surface area contributed by atoms with Gasteiger partial charge in [0.2, 0.25) is 0 Å². The third-order valence-electron chi connectivity index (χ3n) is 3.87. The first-order chi connectivity index (χ1) is 11.9.